The molecule has 0 aromatic heterocycles. The average Bonchev–Trinajstić information content (AvgIpc) is 2.44. The van der Waals surface area contributed by atoms with Gasteiger partial charge in [-0.05, 0) is 38.3 Å². The van der Waals surface area contributed by atoms with E-state index in [-0.39, 0.29) is 23.3 Å². The number of rotatable bonds is 8. The van der Waals surface area contributed by atoms with E-state index in [1.807, 2.05) is 26.8 Å². The van der Waals surface area contributed by atoms with Crippen LogP contribution in [0.15, 0.2) is 23.1 Å². The molecule has 0 saturated heterocycles. The summed E-state index contributed by atoms with van der Waals surface area (Å²) in [4.78, 5) is 12.1. The number of carbonyl (C=O) groups excluding carboxylic acids is 1. The molecule has 5 nitrogen and oxygen atoms in total. The molecule has 6 heteroatoms. The summed E-state index contributed by atoms with van der Waals surface area (Å²) in [6, 6.07) is 5.22. The lowest BCUT2D eigenvalue weighted by atomic mass is 10.0. The van der Waals surface area contributed by atoms with Gasteiger partial charge in [-0.25, -0.2) is 13.1 Å². The lowest BCUT2D eigenvalue weighted by Crippen LogP contribution is -2.37. The molecule has 124 valence electrons. The Bertz CT molecular complexity index is 608. The highest BCUT2D eigenvalue weighted by Crippen LogP contribution is 2.15. The molecule has 0 heterocycles. The van der Waals surface area contributed by atoms with Gasteiger partial charge in [-0.3, -0.25) is 4.79 Å². The van der Waals surface area contributed by atoms with Gasteiger partial charge >= 0.3 is 0 Å². The van der Waals surface area contributed by atoms with Crippen LogP contribution in [-0.4, -0.2) is 27.4 Å². The minimum absolute atomic E-state index is 0.00375. The van der Waals surface area contributed by atoms with Gasteiger partial charge in [-0.2, -0.15) is 0 Å². The van der Waals surface area contributed by atoms with Crippen molar-refractivity contribution in [3.8, 4) is 0 Å². The Balaban J connectivity index is 2.55. The maximum atomic E-state index is 12.2. The fourth-order valence-corrected chi connectivity index (χ4v) is 3.61. The molecule has 0 bridgehead atoms. The van der Waals surface area contributed by atoms with Crippen molar-refractivity contribution in [3.63, 3.8) is 0 Å². The van der Waals surface area contributed by atoms with E-state index in [2.05, 4.69) is 10.0 Å². The number of hydrogen-bond donors (Lipinski definition) is 2. The number of hydrogen-bond acceptors (Lipinski definition) is 3. The number of amides is 1. The van der Waals surface area contributed by atoms with Crippen molar-refractivity contribution >= 4 is 15.9 Å². The predicted molar refractivity (Wildman–Crippen MR) is 88.2 cm³/mol. The first kappa shape index (κ1) is 18.6. The lowest BCUT2D eigenvalue weighted by molar-refractivity contribution is -0.125. The Hall–Kier alpha value is -1.40. The van der Waals surface area contributed by atoms with Crippen LogP contribution in [0.3, 0.4) is 0 Å². The second-order valence-corrected chi connectivity index (χ2v) is 7.21. The van der Waals surface area contributed by atoms with E-state index < -0.39 is 10.0 Å². The molecule has 0 atom stereocenters. The fraction of sp³-hybridized carbons (Fsp3) is 0.562. The summed E-state index contributed by atoms with van der Waals surface area (Å²) in [5.41, 5.74) is 1.74. The van der Waals surface area contributed by atoms with Gasteiger partial charge in [0.05, 0.1) is 4.90 Å². The van der Waals surface area contributed by atoms with Crippen molar-refractivity contribution in [2.75, 3.05) is 13.1 Å². The highest BCUT2D eigenvalue weighted by Gasteiger charge is 2.17. The monoisotopic (exact) mass is 326 g/mol. The predicted octanol–water partition coefficient (Wildman–Crippen LogP) is 2.13. The van der Waals surface area contributed by atoms with Gasteiger partial charge < -0.3 is 5.32 Å². The third-order valence-corrected chi connectivity index (χ3v) is 5.31. The number of nitrogens with one attached hydrogen (secondary N) is 2. The molecule has 22 heavy (non-hydrogen) atoms. The van der Waals surface area contributed by atoms with Gasteiger partial charge in [0.15, 0.2) is 0 Å². The molecule has 0 radical (unpaired) electrons. The SMILES string of the molecule is CCC(CC)C(=O)NCCNS(=O)(=O)c1ccc(C)cc1C. The standard InChI is InChI=1S/C16H26N2O3S/c1-5-14(6-2)16(19)17-9-10-18-22(20,21)15-8-7-12(3)11-13(15)4/h7-8,11,14,18H,5-6,9-10H2,1-4H3,(H,17,19). The number of carbonyl (C=O) groups is 1. The summed E-state index contributed by atoms with van der Waals surface area (Å²) in [7, 11) is -3.54. The summed E-state index contributed by atoms with van der Waals surface area (Å²) in [6.45, 7) is 8.11. The van der Waals surface area contributed by atoms with Crippen LogP contribution in [-0.2, 0) is 14.8 Å². The third kappa shape index (κ3) is 5.10. The molecule has 0 saturated carbocycles. The van der Waals surface area contributed by atoms with Gasteiger partial charge in [-0.1, -0.05) is 31.5 Å². The lowest BCUT2D eigenvalue weighted by Gasteiger charge is -2.13. The third-order valence-electron chi connectivity index (χ3n) is 3.69. The van der Waals surface area contributed by atoms with E-state index in [9.17, 15) is 13.2 Å². The summed E-state index contributed by atoms with van der Waals surface area (Å²) in [6.07, 6.45) is 1.58. The molecule has 0 aliphatic heterocycles. The molecular formula is C16H26N2O3S. The minimum atomic E-state index is -3.54. The van der Waals surface area contributed by atoms with E-state index >= 15 is 0 Å². The van der Waals surface area contributed by atoms with Gasteiger partial charge in [0.25, 0.3) is 0 Å². The first-order chi connectivity index (χ1) is 10.3. The van der Waals surface area contributed by atoms with Gasteiger partial charge in [-0.15, -0.1) is 0 Å². The molecule has 0 aliphatic carbocycles. The molecule has 1 aromatic carbocycles. The maximum Gasteiger partial charge on any atom is 0.240 e. The van der Waals surface area contributed by atoms with E-state index in [0.717, 1.165) is 18.4 Å². The Morgan fingerprint density at radius 1 is 1.14 bits per heavy atom. The zero-order valence-corrected chi connectivity index (χ0v) is 14.6. The molecule has 1 amide bonds. The number of aryl methyl sites for hydroxylation is 2. The molecule has 1 aromatic rings. The van der Waals surface area contributed by atoms with Gasteiger partial charge in [0, 0.05) is 19.0 Å². The van der Waals surface area contributed by atoms with Gasteiger partial charge in [0.1, 0.15) is 0 Å². The molecule has 0 spiro atoms. The van der Waals surface area contributed by atoms with E-state index in [4.69, 9.17) is 0 Å². The van der Waals surface area contributed by atoms with Crippen molar-refractivity contribution in [2.24, 2.45) is 5.92 Å². The van der Waals surface area contributed by atoms with Crippen LogP contribution in [0, 0.1) is 19.8 Å². The Morgan fingerprint density at radius 2 is 1.77 bits per heavy atom. The van der Waals surface area contributed by atoms with Crippen LogP contribution in [0.1, 0.15) is 37.8 Å². The fourth-order valence-electron chi connectivity index (χ4n) is 2.35. The Morgan fingerprint density at radius 3 is 2.32 bits per heavy atom. The van der Waals surface area contributed by atoms with Crippen molar-refractivity contribution in [1.82, 2.24) is 10.0 Å². The Labute approximate surface area is 133 Å². The quantitative estimate of drug-likeness (QED) is 0.719. The van der Waals surface area contributed by atoms with E-state index in [1.165, 1.54) is 0 Å². The zero-order chi connectivity index (χ0) is 16.8. The van der Waals surface area contributed by atoms with Crippen molar-refractivity contribution in [3.05, 3.63) is 29.3 Å². The maximum absolute atomic E-state index is 12.2. The topological polar surface area (TPSA) is 75.3 Å². The molecule has 2 N–H and O–H groups in total. The second-order valence-electron chi connectivity index (χ2n) is 5.47. The first-order valence-electron chi connectivity index (χ1n) is 7.66. The second kappa shape index (κ2) is 8.29. The molecule has 0 fully saturated rings. The van der Waals surface area contributed by atoms with E-state index in [0.29, 0.717) is 12.1 Å². The minimum Gasteiger partial charge on any atom is -0.355 e. The summed E-state index contributed by atoms with van der Waals surface area (Å²) in [5.74, 6) is -0.0216. The number of sulfonamides is 1. The Kier molecular flexibility index (Phi) is 7.03. The van der Waals surface area contributed by atoms with Crippen LogP contribution in [0.5, 0.6) is 0 Å². The largest absolute Gasteiger partial charge is 0.355 e. The smallest absolute Gasteiger partial charge is 0.240 e. The van der Waals surface area contributed by atoms with Crippen molar-refractivity contribution in [1.29, 1.82) is 0 Å². The van der Waals surface area contributed by atoms with Crippen molar-refractivity contribution < 1.29 is 13.2 Å². The van der Waals surface area contributed by atoms with Crippen LogP contribution in [0.25, 0.3) is 0 Å². The summed E-state index contributed by atoms with van der Waals surface area (Å²) < 4.78 is 27.0. The van der Waals surface area contributed by atoms with Crippen molar-refractivity contribution in [2.45, 2.75) is 45.4 Å². The highest BCUT2D eigenvalue weighted by atomic mass is 32.2. The summed E-state index contributed by atoms with van der Waals surface area (Å²) >= 11 is 0. The van der Waals surface area contributed by atoms with Crippen LogP contribution < -0.4 is 10.0 Å². The molecule has 0 aliphatic rings. The zero-order valence-electron chi connectivity index (χ0n) is 13.8. The molecular weight excluding hydrogens is 300 g/mol. The molecule has 0 unspecified atom stereocenters. The molecule has 1 rings (SSSR count). The summed E-state index contributed by atoms with van der Waals surface area (Å²) in [5, 5.41) is 2.77. The van der Waals surface area contributed by atoms with Crippen LogP contribution in [0.4, 0.5) is 0 Å². The normalized spacial score (nSPS) is 11.7. The highest BCUT2D eigenvalue weighted by molar-refractivity contribution is 7.89. The average molecular weight is 326 g/mol. The van der Waals surface area contributed by atoms with Crippen LogP contribution >= 0.6 is 0 Å². The number of benzene rings is 1. The van der Waals surface area contributed by atoms with Crippen LogP contribution in [0.2, 0.25) is 0 Å². The first-order valence-corrected chi connectivity index (χ1v) is 9.14. The van der Waals surface area contributed by atoms with E-state index in [1.54, 1.807) is 19.1 Å². The van der Waals surface area contributed by atoms with Gasteiger partial charge in [0.2, 0.25) is 15.9 Å².